The summed E-state index contributed by atoms with van der Waals surface area (Å²) in [7, 11) is 0. The van der Waals surface area contributed by atoms with Crippen LogP contribution in [0.1, 0.15) is 11.5 Å². The van der Waals surface area contributed by atoms with Gasteiger partial charge in [-0.05, 0) is 29.8 Å². The quantitative estimate of drug-likeness (QED) is 0.894. The molecule has 94 valence electrons. The second kappa shape index (κ2) is 6.43. The van der Waals surface area contributed by atoms with E-state index in [4.69, 9.17) is 16.3 Å². The van der Waals surface area contributed by atoms with E-state index in [1.165, 1.54) is 0 Å². The van der Waals surface area contributed by atoms with Gasteiger partial charge >= 0.3 is 0 Å². The monoisotopic (exact) mass is 262 g/mol. The molecule has 0 radical (unpaired) electrons. The van der Waals surface area contributed by atoms with Crippen molar-refractivity contribution >= 4 is 11.6 Å². The predicted octanol–water partition coefficient (Wildman–Crippen LogP) is 3.49. The zero-order valence-electron chi connectivity index (χ0n) is 9.92. The first-order valence-electron chi connectivity index (χ1n) is 5.84. The average Bonchev–Trinajstić information content (AvgIpc) is 2.43. The number of hydrogen-bond acceptors (Lipinski definition) is 2. The van der Waals surface area contributed by atoms with Crippen molar-refractivity contribution in [2.24, 2.45) is 0 Å². The normalized spacial score (nSPS) is 12.1. The van der Waals surface area contributed by atoms with E-state index >= 15 is 0 Å². The molecule has 2 nitrogen and oxygen atoms in total. The molecule has 3 heteroatoms. The third-order valence-electron chi connectivity index (χ3n) is 2.76. The molecule has 1 unspecified atom stereocenters. The van der Waals surface area contributed by atoms with Crippen molar-refractivity contribution in [2.75, 3.05) is 13.2 Å². The SMILES string of the molecule is OCC(COc1ccc(Cl)cc1)c1ccccc1. The molecule has 0 aromatic heterocycles. The van der Waals surface area contributed by atoms with Gasteiger partial charge in [0.1, 0.15) is 5.75 Å². The largest absolute Gasteiger partial charge is 0.493 e. The highest BCUT2D eigenvalue weighted by molar-refractivity contribution is 6.30. The van der Waals surface area contributed by atoms with Crippen LogP contribution in [-0.2, 0) is 0 Å². The summed E-state index contributed by atoms with van der Waals surface area (Å²) >= 11 is 5.80. The summed E-state index contributed by atoms with van der Waals surface area (Å²) in [5.74, 6) is 0.746. The topological polar surface area (TPSA) is 29.5 Å². The molecule has 0 heterocycles. The maximum atomic E-state index is 9.40. The minimum atomic E-state index is -0.0121. The molecule has 0 aliphatic heterocycles. The van der Waals surface area contributed by atoms with Gasteiger partial charge in [-0.25, -0.2) is 0 Å². The highest BCUT2D eigenvalue weighted by atomic mass is 35.5. The lowest BCUT2D eigenvalue weighted by Crippen LogP contribution is -2.14. The van der Waals surface area contributed by atoms with Crippen LogP contribution in [0.15, 0.2) is 54.6 Å². The molecule has 0 amide bonds. The fraction of sp³-hybridized carbons (Fsp3) is 0.200. The minimum Gasteiger partial charge on any atom is -0.493 e. The van der Waals surface area contributed by atoms with Crippen LogP contribution in [0.4, 0.5) is 0 Å². The van der Waals surface area contributed by atoms with Gasteiger partial charge in [0.05, 0.1) is 13.2 Å². The zero-order chi connectivity index (χ0) is 12.8. The lowest BCUT2D eigenvalue weighted by atomic mass is 10.0. The zero-order valence-corrected chi connectivity index (χ0v) is 10.7. The Bertz CT molecular complexity index is 468. The number of aliphatic hydroxyl groups excluding tert-OH is 1. The molecule has 18 heavy (non-hydrogen) atoms. The minimum absolute atomic E-state index is 0.0121. The van der Waals surface area contributed by atoms with Crippen LogP contribution in [-0.4, -0.2) is 18.3 Å². The van der Waals surface area contributed by atoms with Crippen LogP contribution >= 0.6 is 11.6 Å². The molecule has 0 spiro atoms. The third-order valence-corrected chi connectivity index (χ3v) is 3.01. The van der Waals surface area contributed by atoms with E-state index in [1.807, 2.05) is 42.5 Å². The van der Waals surface area contributed by atoms with Gasteiger partial charge < -0.3 is 9.84 Å². The number of halogens is 1. The molecule has 0 saturated heterocycles. The molecular weight excluding hydrogens is 248 g/mol. The van der Waals surface area contributed by atoms with Crippen LogP contribution in [0.5, 0.6) is 5.75 Å². The van der Waals surface area contributed by atoms with Crippen LogP contribution in [0.2, 0.25) is 5.02 Å². The van der Waals surface area contributed by atoms with E-state index in [9.17, 15) is 5.11 Å². The number of hydrogen-bond donors (Lipinski definition) is 1. The van der Waals surface area contributed by atoms with Crippen LogP contribution < -0.4 is 4.74 Å². The molecule has 1 N–H and O–H groups in total. The van der Waals surface area contributed by atoms with Crippen LogP contribution in [0, 0.1) is 0 Å². The fourth-order valence-electron chi connectivity index (χ4n) is 1.71. The van der Waals surface area contributed by atoms with E-state index in [0.29, 0.717) is 11.6 Å². The van der Waals surface area contributed by atoms with E-state index in [0.717, 1.165) is 11.3 Å². The Morgan fingerprint density at radius 2 is 1.67 bits per heavy atom. The molecular formula is C15H15ClO2. The predicted molar refractivity (Wildman–Crippen MR) is 73.2 cm³/mol. The van der Waals surface area contributed by atoms with Crippen molar-refractivity contribution in [1.82, 2.24) is 0 Å². The molecule has 2 rings (SSSR count). The summed E-state index contributed by atoms with van der Waals surface area (Å²) in [5.41, 5.74) is 1.08. The summed E-state index contributed by atoms with van der Waals surface area (Å²) in [6.45, 7) is 0.514. The first-order valence-corrected chi connectivity index (χ1v) is 6.21. The Morgan fingerprint density at radius 1 is 1.00 bits per heavy atom. The molecule has 0 aliphatic rings. The Kier molecular flexibility index (Phi) is 4.62. The maximum absolute atomic E-state index is 9.40. The number of rotatable bonds is 5. The Morgan fingerprint density at radius 3 is 2.28 bits per heavy atom. The molecule has 2 aromatic carbocycles. The maximum Gasteiger partial charge on any atom is 0.119 e. The van der Waals surface area contributed by atoms with Crippen LogP contribution in [0.3, 0.4) is 0 Å². The second-order valence-corrected chi connectivity index (χ2v) is 4.49. The average molecular weight is 263 g/mol. The van der Waals surface area contributed by atoms with Crippen molar-refractivity contribution in [3.63, 3.8) is 0 Å². The van der Waals surface area contributed by atoms with E-state index in [-0.39, 0.29) is 12.5 Å². The van der Waals surface area contributed by atoms with Gasteiger partial charge in [0.2, 0.25) is 0 Å². The highest BCUT2D eigenvalue weighted by Gasteiger charge is 2.10. The van der Waals surface area contributed by atoms with E-state index in [2.05, 4.69) is 0 Å². The van der Waals surface area contributed by atoms with Gasteiger partial charge in [0, 0.05) is 10.9 Å². The van der Waals surface area contributed by atoms with Gasteiger partial charge in [-0.15, -0.1) is 0 Å². The summed E-state index contributed by atoms with van der Waals surface area (Å²) < 4.78 is 5.65. The highest BCUT2D eigenvalue weighted by Crippen LogP contribution is 2.19. The Labute approximate surface area is 112 Å². The first-order chi connectivity index (χ1) is 8.79. The van der Waals surface area contributed by atoms with Crippen molar-refractivity contribution in [1.29, 1.82) is 0 Å². The van der Waals surface area contributed by atoms with Gasteiger partial charge in [-0.3, -0.25) is 0 Å². The van der Waals surface area contributed by atoms with E-state index in [1.54, 1.807) is 12.1 Å². The Balaban J connectivity index is 1.97. The Hall–Kier alpha value is -1.51. The van der Waals surface area contributed by atoms with Crippen molar-refractivity contribution in [2.45, 2.75) is 5.92 Å². The molecule has 2 aromatic rings. The summed E-state index contributed by atoms with van der Waals surface area (Å²) in [4.78, 5) is 0. The summed E-state index contributed by atoms with van der Waals surface area (Å²) in [6, 6.07) is 17.1. The van der Waals surface area contributed by atoms with Gasteiger partial charge in [-0.2, -0.15) is 0 Å². The lowest BCUT2D eigenvalue weighted by molar-refractivity contribution is 0.205. The van der Waals surface area contributed by atoms with Gasteiger partial charge in [0.25, 0.3) is 0 Å². The van der Waals surface area contributed by atoms with Gasteiger partial charge in [0.15, 0.2) is 0 Å². The summed E-state index contributed by atoms with van der Waals surface area (Å²) in [6.07, 6.45) is 0. The third kappa shape index (κ3) is 3.49. The second-order valence-electron chi connectivity index (χ2n) is 4.06. The van der Waals surface area contributed by atoms with E-state index < -0.39 is 0 Å². The van der Waals surface area contributed by atoms with Gasteiger partial charge in [-0.1, -0.05) is 41.9 Å². The lowest BCUT2D eigenvalue weighted by Gasteiger charge is -2.15. The van der Waals surface area contributed by atoms with Crippen molar-refractivity contribution in [3.8, 4) is 5.75 Å². The number of ether oxygens (including phenoxy) is 1. The first kappa shape index (κ1) is 12.9. The summed E-state index contributed by atoms with van der Waals surface area (Å²) in [5, 5.41) is 10.1. The van der Waals surface area contributed by atoms with Crippen LogP contribution in [0.25, 0.3) is 0 Å². The van der Waals surface area contributed by atoms with Crippen molar-refractivity contribution < 1.29 is 9.84 Å². The number of benzene rings is 2. The molecule has 0 fully saturated rings. The molecule has 1 atom stereocenters. The van der Waals surface area contributed by atoms with Crippen molar-refractivity contribution in [3.05, 3.63) is 65.2 Å². The standard InChI is InChI=1S/C15H15ClO2/c16-14-6-8-15(9-7-14)18-11-13(10-17)12-4-2-1-3-5-12/h1-9,13,17H,10-11H2. The molecule has 0 saturated carbocycles. The number of aliphatic hydroxyl groups is 1. The smallest absolute Gasteiger partial charge is 0.119 e. The molecule has 0 bridgehead atoms. The fourth-order valence-corrected chi connectivity index (χ4v) is 1.83. The molecule has 0 aliphatic carbocycles.